The van der Waals surface area contributed by atoms with Crippen molar-refractivity contribution < 1.29 is 46.5 Å². The van der Waals surface area contributed by atoms with Gasteiger partial charge in [0, 0.05) is 6.21 Å². The van der Waals surface area contributed by atoms with E-state index in [9.17, 15) is 14.5 Å². The lowest BCUT2D eigenvalue weighted by molar-refractivity contribution is -0.178. The van der Waals surface area contributed by atoms with Crippen molar-refractivity contribution in [2.45, 2.75) is 94.7 Å². The maximum Gasteiger partial charge on any atom is 0.459 e. The second-order valence-electron chi connectivity index (χ2n) is 11.5. The molecule has 2 fully saturated rings. The summed E-state index contributed by atoms with van der Waals surface area (Å²) in [7, 11) is -4.59. The van der Waals surface area contributed by atoms with Crippen molar-refractivity contribution in [1.29, 1.82) is 0 Å². The van der Waals surface area contributed by atoms with Gasteiger partial charge < -0.3 is 29.6 Å². The van der Waals surface area contributed by atoms with Gasteiger partial charge in [0.25, 0.3) is 5.85 Å². The number of rotatable bonds is 12. The molecule has 1 saturated carbocycles. The van der Waals surface area contributed by atoms with Crippen LogP contribution in [-0.2, 0) is 23.4 Å². The van der Waals surface area contributed by atoms with Crippen LogP contribution in [0.1, 0.15) is 64.5 Å². The standard InChI is InChI=1S/C29H38F2N5O8P/c1-4-40-24-22-21(34-27(32)35-24)20(15-33-22)23-28(3,38)26(30)29(31,43-23)16-41-45(39,44-19-13-9-6-10-14-19)36-17(2)25(37)42-18-11-7-5-8-12-18/h6,9-10,13-15,17-18,20,23,26,38H,4-5,7-8,11-12,16H2,1-3H3,(H,36,39)(H2,32,34,35)/t17?,20?,23-,26-,28-,29+,45?/m0/s1. The van der Waals surface area contributed by atoms with Crippen molar-refractivity contribution in [3.05, 3.63) is 36.0 Å². The lowest BCUT2D eigenvalue weighted by Gasteiger charge is -2.28. The molecular formula is C29H38F2N5O8P. The van der Waals surface area contributed by atoms with Crippen LogP contribution in [0.2, 0.25) is 0 Å². The van der Waals surface area contributed by atoms with Crippen LogP contribution < -0.4 is 20.1 Å². The molecule has 7 atom stereocenters. The first-order chi connectivity index (χ1) is 21.3. The number of hydrogen-bond acceptors (Lipinski definition) is 12. The molecule has 5 rings (SSSR count). The molecule has 0 bridgehead atoms. The molecule has 3 heterocycles. The molecule has 1 aromatic heterocycles. The van der Waals surface area contributed by atoms with Gasteiger partial charge in [-0.1, -0.05) is 24.6 Å². The van der Waals surface area contributed by atoms with Crippen molar-refractivity contribution in [1.82, 2.24) is 15.1 Å². The van der Waals surface area contributed by atoms with Crippen molar-refractivity contribution in [2.24, 2.45) is 4.99 Å². The summed E-state index contributed by atoms with van der Waals surface area (Å²) in [5, 5.41) is 13.7. The highest BCUT2D eigenvalue weighted by Crippen LogP contribution is 2.52. The van der Waals surface area contributed by atoms with E-state index >= 15 is 8.78 Å². The number of aromatic nitrogens is 2. The molecule has 45 heavy (non-hydrogen) atoms. The van der Waals surface area contributed by atoms with Crippen molar-refractivity contribution >= 4 is 31.6 Å². The fourth-order valence-corrected chi connectivity index (χ4v) is 7.15. The molecule has 0 spiro atoms. The highest BCUT2D eigenvalue weighted by Gasteiger charge is 2.66. The number of anilines is 1. The van der Waals surface area contributed by atoms with E-state index in [0.29, 0.717) is 0 Å². The van der Waals surface area contributed by atoms with E-state index in [4.69, 9.17) is 29.0 Å². The second-order valence-corrected chi connectivity index (χ2v) is 13.2. The quantitative estimate of drug-likeness (QED) is 0.217. The number of aliphatic imine (C=N–C) groups is 1. The SMILES string of the molecule is CCOc1nc(N)nc2c1N=CC2[C@@H]1O[C@](F)(COP(=O)(NC(C)C(=O)OC2CCCCC2)Oc2ccccc2)[C@@H](F)[C@@]1(C)O. The van der Waals surface area contributed by atoms with Gasteiger partial charge in [0.1, 0.15) is 41.9 Å². The molecule has 1 aromatic carbocycles. The Balaban J connectivity index is 1.34. The molecule has 2 aromatic rings. The Bertz CT molecular complexity index is 1450. The summed E-state index contributed by atoms with van der Waals surface area (Å²) in [6.07, 6.45) is 1.14. The molecule has 3 unspecified atom stereocenters. The molecule has 2 aliphatic heterocycles. The number of esters is 1. The molecule has 16 heteroatoms. The van der Waals surface area contributed by atoms with Crippen LogP contribution in [0.15, 0.2) is 35.3 Å². The molecule has 0 radical (unpaired) electrons. The van der Waals surface area contributed by atoms with E-state index in [0.717, 1.165) is 39.0 Å². The Morgan fingerprint density at radius 2 is 1.96 bits per heavy atom. The van der Waals surface area contributed by atoms with E-state index < -0.39 is 56.0 Å². The zero-order valence-electron chi connectivity index (χ0n) is 25.2. The molecule has 1 saturated heterocycles. The normalized spacial score (nSPS) is 30.0. The fourth-order valence-electron chi connectivity index (χ4n) is 5.64. The van der Waals surface area contributed by atoms with Crippen molar-refractivity contribution in [3.8, 4) is 11.6 Å². The Morgan fingerprint density at radius 1 is 1.24 bits per heavy atom. The van der Waals surface area contributed by atoms with Crippen molar-refractivity contribution in [3.63, 3.8) is 0 Å². The number of ether oxygens (including phenoxy) is 3. The maximum atomic E-state index is 16.3. The third-order valence-corrected chi connectivity index (χ3v) is 9.54. The summed E-state index contributed by atoms with van der Waals surface area (Å²) in [5.74, 6) is -5.08. The number of carbonyl (C=O) groups is 1. The van der Waals surface area contributed by atoms with Gasteiger partial charge >= 0.3 is 13.7 Å². The average Bonchev–Trinajstić information content (AvgIpc) is 3.50. The molecule has 4 N–H and O–H groups in total. The molecule has 3 aliphatic rings. The number of aliphatic hydroxyl groups is 1. The summed E-state index contributed by atoms with van der Waals surface area (Å²) < 4.78 is 73.6. The van der Waals surface area contributed by atoms with Crippen LogP contribution in [0.25, 0.3) is 0 Å². The number of hydrogen-bond donors (Lipinski definition) is 3. The predicted molar refractivity (Wildman–Crippen MR) is 159 cm³/mol. The molecule has 246 valence electrons. The Morgan fingerprint density at radius 3 is 2.64 bits per heavy atom. The topological polar surface area (TPSA) is 177 Å². The number of nitrogen functional groups attached to an aromatic ring is 1. The smallest absolute Gasteiger partial charge is 0.459 e. The number of carbonyl (C=O) groups excluding carboxylic acids is 1. The largest absolute Gasteiger partial charge is 0.476 e. The Hall–Kier alpha value is -3.23. The van der Waals surface area contributed by atoms with Gasteiger partial charge in [0.15, 0.2) is 6.17 Å². The number of halogens is 2. The van der Waals surface area contributed by atoms with E-state index in [2.05, 4.69) is 20.0 Å². The Kier molecular flexibility index (Phi) is 9.76. The van der Waals surface area contributed by atoms with Crippen LogP contribution in [0.5, 0.6) is 11.6 Å². The van der Waals surface area contributed by atoms with Gasteiger partial charge in [0.05, 0.1) is 18.2 Å². The summed E-state index contributed by atoms with van der Waals surface area (Å²) in [6.45, 7) is 3.15. The number of fused-ring (bicyclic) bond motifs is 1. The maximum absolute atomic E-state index is 16.3. The van der Waals surface area contributed by atoms with Crippen LogP contribution in [-0.4, -0.2) is 76.3 Å². The first kappa shape index (κ1) is 33.1. The van der Waals surface area contributed by atoms with E-state index in [1.54, 1.807) is 25.1 Å². The fraction of sp³-hybridized carbons (Fsp3) is 0.586. The van der Waals surface area contributed by atoms with Gasteiger partial charge in [-0.05, 0) is 58.6 Å². The highest BCUT2D eigenvalue weighted by atomic mass is 31.2. The molecule has 1 aliphatic carbocycles. The lowest BCUT2D eigenvalue weighted by atomic mass is 9.85. The van der Waals surface area contributed by atoms with E-state index in [1.165, 1.54) is 25.3 Å². The number of nitrogens with zero attached hydrogens (tertiary/aromatic N) is 3. The average molecular weight is 654 g/mol. The number of alkyl halides is 2. The van der Waals surface area contributed by atoms with Crippen LogP contribution in [0.3, 0.4) is 0 Å². The van der Waals surface area contributed by atoms with E-state index in [1.807, 2.05) is 0 Å². The minimum atomic E-state index is -4.59. The van der Waals surface area contributed by atoms with Gasteiger partial charge in [0.2, 0.25) is 11.8 Å². The zero-order valence-corrected chi connectivity index (χ0v) is 26.1. The summed E-state index contributed by atoms with van der Waals surface area (Å²) in [5.41, 5.74) is 3.74. The summed E-state index contributed by atoms with van der Waals surface area (Å²) >= 11 is 0. The predicted octanol–water partition coefficient (Wildman–Crippen LogP) is 4.47. The zero-order chi connectivity index (χ0) is 32.4. The van der Waals surface area contributed by atoms with Gasteiger partial charge in [-0.3, -0.25) is 14.3 Å². The number of nitrogens with two attached hydrogens (primary N) is 1. The summed E-state index contributed by atoms with van der Waals surface area (Å²) in [6, 6.07) is 6.64. The third-order valence-electron chi connectivity index (χ3n) is 7.91. The van der Waals surface area contributed by atoms with Gasteiger partial charge in [-0.2, -0.15) is 10.1 Å². The van der Waals surface area contributed by atoms with Gasteiger partial charge in [-0.15, -0.1) is 0 Å². The molecular weight excluding hydrogens is 615 g/mol. The monoisotopic (exact) mass is 653 g/mol. The molecule has 0 amide bonds. The van der Waals surface area contributed by atoms with Crippen LogP contribution >= 0.6 is 7.75 Å². The first-order valence-corrected chi connectivity index (χ1v) is 16.4. The number of nitrogens with one attached hydrogen (secondary N) is 1. The third kappa shape index (κ3) is 7.12. The second kappa shape index (κ2) is 13.2. The van der Waals surface area contributed by atoms with Crippen LogP contribution in [0, 0.1) is 0 Å². The number of benzene rings is 1. The van der Waals surface area contributed by atoms with Crippen molar-refractivity contribution in [2.75, 3.05) is 18.9 Å². The minimum Gasteiger partial charge on any atom is -0.476 e. The lowest BCUT2D eigenvalue weighted by Crippen LogP contribution is -2.48. The van der Waals surface area contributed by atoms with Crippen LogP contribution in [0.4, 0.5) is 20.4 Å². The Labute approximate surface area is 259 Å². The highest BCUT2D eigenvalue weighted by molar-refractivity contribution is 7.52. The minimum absolute atomic E-state index is 0.0734. The molecule has 13 nitrogen and oxygen atoms in total. The van der Waals surface area contributed by atoms with E-state index in [-0.39, 0.29) is 41.7 Å². The number of para-hydroxylation sites is 1. The van der Waals surface area contributed by atoms with Gasteiger partial charge in [-0.25, -0.2) is 18.3 Å². The summed E-state index contributed by atoms with van der Waals surface area (Å²) in [4.78, 5) is 25.2. The first-order valence-electron chi connectivity index (χ1n) is 14.9.